The summed E-state index contributed by atoms with van der Waals surface area (Å²) < 4.78 is 0. The van der Waals surface area contributed by atoms with E-state index in [4.69, 9.17) is 10.6 Å². The van der Waals surface area contributed by atoms with Gasteiger partial charge in [0.25, 0.3) is 0 Å². The van der Waals surface area contributed by atoms with Crippen LogP contribution in [-0.4, -0.2) is 24.9 Å². The first-order valence-corrected chi connectivity index (χ1v) is 8.93. The molecule has 26 heavy (non-hydrogen) atoms. The molecular formula is C21H32N4O. The second-order valence-electron chi connectivity index (χ2n) is 6.24. The van der Waals surface area contributed by atoms with Crippen molar-refractivity contribution in [2.45, 2.75) is 41.2 Å². The van der Waals surface area contributed by atoms with Crippen LogP contribution in [0.4, 0.5) is 5.69 Å². The van der Waals surface area contributed by atoms with Crippen molar-refractivity contribution in [3.63, 3.8) is 0 Å². The molecule has 0 bridgehead atoms. The largest absolute Gasteiger partial charge is 0.389 e. The highest BCUT2D eigenvalue weighted by Crippen LogP contribution is 2.17. The molecule has 2 aromatic carbocycles. The molecular weight excluding hydrogens is 324 g/mol. The van der Waals surface area contributed by atoms with Gasteiger partial charge in [0, 0.05) is 25.2 Å². The summed E-state index contributed by atoms with van der Waals surface area (Å²) in [5.41, 5.74) is 15.9. The van der Waals surface area contributed by atoms with E-state index in [1.807, 2.05) is 52.0 Å². The van der Waals surface area contributed by atoms with Gasteiger partial charge in [0.2, 0.25) is 0 Å². The van der Waals surface area contributed by atoms with Gasteiger partial charge in [0.05, 0.1) is 5.69 Å². The van der Waals surface area contributed by atoms with Gasteiger partial charge in [-0.25, -0.2) is 5.01 Å². The van der Waals surface area contributed by atoms with Gasteiger partial charge in [-0.3, -0.25) is 0 Å². The van der Waals surface area contributed by atoms with Crippen molar-refractivity contribution >= 4 is 11.5 Å². The second kappa shape index (κ2) is 10.5. The molecule has 1 aliphatic rings. The Hall–Kier alpha value is -2.53. The molecule has 0 radical (unpaired) electrons. The molecule has 5 nitrogen and oxygen atoms in total. The maximum absolute atomic E-state index is 5.62. The molecule has 0 atom stereocenters. The molecule has 0 fully saturated rings. The van der Waals surface area contributed by atoms with Crippen molar-refractivity contribution in [2.75, 3.05) is 19.5 Å². The number of hydrogen-bond acceptors (Lipinski definition) is 5. The minimum atomic E-state index is 0.469. The minimum absolute atomic E-state index is 0.469. The first kappa shape index (κ1) is 21.5. The van der Waals surface area contributed by atoms with E-state index < -0.39 is 0 Å². The zero-order chi connectivity index (χ0) is 19.7. The van der Waals surface area contributed by atoms with Crippen LogP contribution in [0.2, 0.25) is 0 Å². The Kier molecular flexibility index (Phi) is 8.65. The predicted octanol–water partition coefficient (Wildman–Crippen LogP) is 4.36. The van der Waals surface area contributed by atoms with Gasteiger partial charge in [-0.15, -0.1) is 0 Å². The molecule has 0 unspecified atom stereocenters. The lowest BCUT2D eigenvalue weighted by atomic mass is 10.0. The van der Waals surface area contributed by atoms with Crippen molar-refractivity contribution in [3.05, 3.63) is 64.2 Å². The molecule has 3 rings (SSSR count). The average Bonchev–Trinajstić information content (AvgIpc) is 2.59. The summed E-state index contributed by atoms with van der Waals surface area (Å²) in [6.07, 6.45) is 0. The number of benzene rings is 2. The third kappa shape index (κ3) is 6.41. The number of nitrogens with one attached hydrogen (secondary N) is 1. The maximum atomic E-state index is 5.62. The smallest absolute Gasteiger partial charge is 0.170 e. The van der Waals surface area contributed by atoms with E-state index in [0.717, 1.165) is 11.1 Å². The van der Waals surface area contributed by atoms with Gasteiger partial charge < -0.3 is 16.0 Å². The lowest BCUT2D eigenvalue weighted by Gasteiger charge is -2.15. The monoisotopic (exact) mass is 356 g/mol. The normalized spacial score (nSPS) is 11.8. The summed E-state index contributed by atoms with van der Waals surface area (Å²) in [6, 6.07) is 12.4. The van der Waals surface area contributed by atoms with Crippen molar-refractivity contribution in [2.24, 2.45) is 10.9 Å². The van der Waals surface area contributed by atoms with Crippen LogP contribution in [-0.2, 0) is 11.4 Å². The number of aryl methyl sites for hydroxylation is 3. The lowest BCUT2D eigenvalue weighted by molar-refractivity contribution is 0.125. The zero-order valence-corrected chi connectivity index (χ0v) is 17.1. The lowest BCUT2D eigenvalue weighted by Crippen LogP contribution is -2.20. The van der Waals surface area contributed by atoms with Crippen LogP contribution in [0.15, 0.2) is 41.6 Å². The molecule has 5 heteroatoms. The SMILES string of the molecule is CC.Cc1ccc(NN(C)C)c(C)c1.Cc1ccc2c(c1)CON=C2N. The first-order chi connectivity index (χ1) is 12.4. The molecule has 1 aliphatic heterocycles. The van der Waals surface area contributed by atoms with Gasteiger partial charge in [-0.1, -0.05) is 60.5 Å². The summed E-state index contributed by atoms with van der Waals surface area (Å²) in [7, 11) is 3.97. The van der Waals surface area contributed by atoms with Crippen LogP contribution in [0.25, 0.3) is 0 Å². The number of hydrogen-bond donors (Lipinski definition) is 2. The first-order valence-electron chi connectivity index (χ1n) is 8.93. The van der Waals surface area contributed by atoms with Gasteiger partial charge in [-0.2, -0.15) is 0 Å². The van der Waals surface area contributed by atoms with Crippen LogP contribution < -0.4 is 11.2 Å². The summed E-state index contributed by atoms with van der Waals surface area (Å²) in [6.45, 7) is 10.8. The molecule has 0 spiro atoms. The van der Waals surface area contributed by atoms with E-state index in [9.17, 15) is 0 Å². The number of nitrogens with two attached hydrogens (primary N) is 1. The third-order valence-corrected chi connectivity index (χ3v) is 3.65. The predicted molar refractivity (Wildman–Crippen MR) is 111 cm³/mol. The third-order valence-electron chi connectivity index (χ3n) is 3.65. The molecule has 0 aromatic heterocycles. The standard InChI is InChI=1S/C10H16N2.C9H10N2O.C2H6/c1-8-5-6-10(9(2)7-8)11-12(3)4;1-6-2-3-8-7(4-6)5-12-11-9(8)10;1-2/h5-7,11H,1-4H3;2-4H,5H2,1H3,(H2,10,11);1-2H3. The van der Waals surface area contributed by atoms with Crippen LogP contribution >= 0.6 is 0 Å². The molecule has 1 heterocycles. The number of amidine groups is 1. The topological polar surface area (TPSA) is 62.9 Å². The van der Waals surface area contributed by atoms with Gasteiger partial charge in [0.1, 0.15) is 6.61 Å². The van der Waals surface area contributed by atoms with E-state index >= 15 is 0 Å². The fourth-order valence-corrected chi connectivity index (χ4v) is 2.49. The van der Waals surface area contributed by atoms with Crippen molar-refractivity contribution in [1.82, 2.24) is 5.01 Å². The van der Waals surface area contributed by atoms with Crippen molar-refractivity contribution in [1.29, 1.82) is 0 Å². The van der Waals surface area contributed by atoms with Crippen molar-refractivity contribution < 1.29 is 4.84 Å². The zero-order valence-electron chi connectivity index (χ0n) is 17.1. The van der Waals surface area contributed by atoms with E-state index in [-0.39, 0.29) is 0 Å². The highest BCUT2D eigenvalue weighted by atomic mass is 16.6. The van der Waals surface area contributed by atoms with E-state index in [1.165, 1.54) is 22.4 Å². The Morgan fingerprint density at radius 2 is 1.62 bits per heavy atom. The Balaban J connectivity index is 0.000000238. The maximum Gasteiger partial charge on any atom is 0.170 e. The molecule has 142 valence electrons. The summed E-state index contributed by atoms with van der Waals surface area (Å²) >= 11 is 0. The summed E-state index contributed by atoms with van der Waals surface area (Å²) in [5.74, 6) is 0.469. The molecule has 0 saturated carbocycles. The van der Waals surface area contributed by atoms with Gasteiger partial charge >= 0.3 is 0 Å². The second-order valence-corrected chi connectivity index (χ2v) is 6.24. The fourth-order valence-electron chi connectivity index (χ4n) is 2.49. The van der Waals surface area contributed by atoms with E-state index in [1.54, 1.807) is 0 Å². The molecule has 3 N–H and O–H groups in total. The van der Waals surface area contributed by atoms with E-state index in [0.29, 0.717) is 12.4 Å². The van der Waals surface area contributed by atoms with Crippen LogP contribution in [0.1, 0.15) is 41.7 Å². The Labute approximate surface area is 157 Å². The molecule has 0 amide bonds. The van der Waals surface area contributed by atoms with Gasteiger partial charge in [-0.05, 0) is 32.4 Å². The number of oxime groups is 1. The highest BCUT2D eigenvalue weighted by molar-refractivity contribution is 5.98. The summed E-state index contributed by atoms with van der Waals surface area (Å²) in [5, 5.41) is 5.64. The molecule has 0 aliphatic carbocycles. The summed E-state index contributed by atoms with van der Waals surface area (Å²) in [4.78, 5) is 4.93. The Morgan fingerprint density at radius 1 is 1.00 bits per heavy atom. The number of fused-ring (bicyclic) bond motifs is 1. The quantitative estimate of drug-likeness (QED) is 0.785. The van der Waals surface area contributed by atoms with Crippen LogP contribution in [0.3, 0.4) is 0 Å². The van der Waals surface area contributed by atoms with Crippen molar-refractivity contribution in [3.8, 4) is 0 Å². The molecule has 2 aromatic rings. The average molecular weight is 357 g/mol. The number of hydrazine groups is 1. The minimum Gasteiger partial charge on any atom is -0.389 e. The van der Waals surface area contributed by atoms with Crippen LogP contribution in [0.5, 0.6) is 0 Å². The number of rotatable bonds is 2. The number of nitrogens with zero attached hydrogens (tertiary/aromatic N) is 2. The Bertz CT molecular complexity index is 739. The fraction of sp³-hybridized carbons (Fsp3) is 0.381. The Morgan fingerprint density at radius 3 is 2.23 bits per heavy atom. The molecule has 0 saturated heterocycles. The highest BCUT2D eigenvalue weighted by Gasteiger charge is 2.11. The number of anilines is 1. The van der Waals surface area contributed by atoms with E-state index in [2.05, 4.69) is 48.7 Å². The van der Waals surface area contributed by atoms with Gasteiger partial charge in [0.15, 0.2) is 5.84 Å². The van der Waals surface area contributed by atoms with Crippen LogP contribution in [0, 0.1) is 20.8 Å².